The Morgan fingerprint density at radius 2 is 1.53 bits per heavy atom. The van der Waals surface area contributed by atoms with Gasteiger partial charge in [0.05, 0.1) is 0 Å². The Kier molecular flexibility index (Phi) is 7.14. The van der Waals surface area contributed by atoms with Crippen LogP contribution in [-0.4, -0.2) is 11.8 Å². The molecule has 0 saturated carbocycles. The lowest BCUT2D eigenvalue weighted by Crippen LogP contribution is -1.73. The maximum absolute atomic E-state index is 10.1. The van der Waals surface area contributed by atoms with Crippen molar-refractivity contribution in [3.05, 3.63) is 58.3 Å². The van der Waals surface area contributed by atoms with E-state index in [1.54, 1.807) is 11.3 Å². The number of hydrogen-bond donors (Lipinski definition) is 0. The highest BCUT2D eigenvalue weighted by molar-refractivity contribution is 7.10. The first kappa shape index (κ1) is 13.5. The van der Waals surface area contributed by atoms with Gasteiger partial charge in [-0.05, 0) is 18.4 Å². The third-order valence-corrected chi connectivity index (χ3v) is 2.55. The first-order valence-corrected chi connectivity index (χ1v) is 5.22. The molecular formula is C12H14O2S. The van der Waals surface area contributed by atoms with Crippen molar-refractivity contribution in [2.45, 2.75) is 6.92 Å². The molecule has 1 heterocycles. The highest BCUT2D eigenvalue weighted by Crippen LogP contribution is 2.11. The minimum Gasteiger partial charge on any atom is -0.412 e. The Labute approximate surface area is 93.5 Å². The number of hydrogen-bond acceptors (Lipinski definition) is 2. The average Bonchev–Trinajstić information content (AvgIpc) is 2.67. The molecule has 0 radical (unpaired) electrons. The molecule has 0 saturated heterocycles. The third-order valence-electron chi connectivity index (χ3n) is 1.69. The van der Waals surface area contributed by atoms with Gasteiger partial charge >= 0.3 is 0 Å². The van der Waals surface area contributed by atoms with E-state index < -0.39 is 0 Å². The van der Waals surface area contributed by atoms with Gasteiger partial charge in [-0.3, -0.25) is 4.79 Å². The first-order chi connectivity index (χ1) is 6.84. The first-order valence-electron chi connectivity index (χ1n) is 4.34. The molecule has 2 nitrogen and oxygen atoms in total. The lowest BCUT2D eigenvalue weighted by Gasteiger charge is -1.79. The number of carbonyl (C=O) groups excluding carboxylic acids is 1. The molecule has 0 aliphatic rings. The molecule has 2 N–H and O–H groups in total. The quantitative estimate of drug-likeness (QED) is 0.684. The fourth-order valence-electron chi connectivity index (χ4n) is 0.902. The fourth-order valence-corrected chi connectivity index (χ4v) is 1.57. The zero-order valence-electron chi connectivity index (χ0n) is 8.51. The van der Waals surface area contributed by atoms with Crippen LogP contribution in [0.1, 0.15) is 15.2 Å². The van der Waals surface area contributed by atoms with Crippen LogP contribution in [-0.2, 0) is 0 Å². The van der Waals surface area contributed by atoms with Crippen LogP contribution in [0.5, 0.6) is 0 Å². The average molecular weight is 222 g/mol. The Hall–Kier alpha value is -1.45. The van der Waals surface area contributed by atoms with E-state index in [9.17, 15) is 4.79 Å². The van der Waals surface area contributed by atoms with Crippen molar-refractivity contribution in [2.75, 3.05) is 0 Å². The minimum atomic E-state index is 0. The van der Waals surface area contributed by atoms with E-state index in [2.05, 4.69) is 0 Å². The second-order valence-electron chi connectivity index (χ2n) is 2.70. The summed E-state index contributed by atoms with van der Waals surface area (Å²) in [4.78, 5) is 11.2. The zero-order valence-corrected chi connectivity index (χ0v) is 9.33. The van der Waals surface area contributed by atoms with Crippen molar-refractivity contribution in [3.8, 4) is 0 Å². The van der Waals surface area contributed by atoms with Crippen molar-refractivity contribution in [2.24, 2.45) is 0 Å². The smallest absolute Gasteiger partial charge is 0.151 e. The van der Waals surface area contributed by atoms with E-state index in [4.69, 9.17) is 0 Å². The molecule has 80 valence electrons. The molecule has 0 unspecified atom stereocenters. The highest BCUT2D eigenvalue weighted by Gasteiger charge is 1.93. The summed E-state index contributed by atoms with van der Waals surface area (Å²) in [5, 5.41) is 1.92. The van der Waals surface area contributed by atoms with Gasteiger partial charge in [-0.2, -0.15) is 0 Å². The number of benzene rings is 1. The molecule has 1 aromatic carbocycles. The Bertz CT molecular complexity index is 341. The van der Waals surface area contributed by atoms with Crippen LogP contribution in [0, 0.1) is 6.92 Å². The standard InChI is InChI=1S/C6H6OS.C6H6.H2O/c1-5-6(4-7)2-3-8-5;1-2-4-6-5-3-1;/h2-4H,1H3;1-6H;1H2. The molecule has 0 aliphatic carbocycles. The van der Waals surface area contributed by atoms with Crippen LogP contribution >= 0.6 is 11.3 Å². The second-order valence-corrected chi connectivity index (χ2v) is 3.82. The minimum absolute atomic E-state index is 0. The Morgan fingerprint density at radius 1 is 1.07 bits per heavy atom. The molecule has 1 aromatic heterocycles. The van der Waals surface area contributed by atoms with Gasteiger partial charge in [0.25, 0.3) is 0 Å². The van der Waals surface area contributed by atoms with Crippen molar-refractivity contribution in [1.82, 2.24) is 0 Å². The highest BCUT2D eigenvalue weighted by atomic mass is 32.1. The lowest BCUT2D eigenvalue weighted by atomic mass is 10.3. The normalized spacial score (nSPS) is 8.07. The number of aldehydes is 1. The molecule has 0 amide bonds. The van der Waals surface area contributed by atoms with E-state index >= 15 is 0 Å². The van der Waals surface area contributed by atoms with E-state index in [1.807, 2.05) is 54.8 Å². The summed E-state index contributed by atoms with van der Waals surface area (Å²) >= 11 is 1.60. The van der Waals surface area contributed by atoms with Gasteiger partial charge in [0.2, 0.25) is 0 Å². The number of rotatable bonds is 1. The van der Waals surface area contributed by atoms with Gasteiger partial charge in [0, 0.05) is 10.4 Å². The summed E-state index contributed by atoms with van der Waals surface area (Å²) in [6, 6.07) is 13.8. The summed E-state index contributed by atoms with van der Waals surface area (Å²) in [5.74, 6) is 0. The molecule has 0 bridgehead atoms. The molecular weight excluding hydrogens is 208 g/mol. The van der Waals surface area contributed by atoms with Gasteiger partial charge in [0.15, 0.2) is 6.29 Å². The topological polar surface area (TPSA) is 48.6 Å². The van der Waals surface area contributed by atoms with Gasteiger partial charge in [-0.25, -0.2) is 0 Å². The molecule has 15 heavy (non-hydrogen) atoms. The number of carbonyl (C=O) groups is 1. The summed E-state index contributed by atoms with van der Waals surface area (Å²) in [6.07, 6.45) is 0.881. The Balaban J connectivity index is 0.000000253. The molecule has 3 heteroatoms. The van der Waals surface area contributed by atoms with Crippen LogP contribution in [0.25, 0.3) is 0 Å². The van der Waals surface area contributed by atoms with Gasteiger partial charge in [0.1, 0.15) is 0 Å². The summed E-state index contributed by atoms with van der Waals surface area (Å²) in [7, 11) is 0. The zero-order chi connectivity index (χ0) is 10.2. The van der Waals surface area contributed by atoms with Crippen molar-refractivity contribution in [3.63, 3.8) is 0 Å². The summed E-state index contributed by atoms with van der Waals surface area (Å²) in [5.41, 5.74) is 0.815. The Morgan fingerprint density at radius 3 is 1.73 bits per heavy atom. The van der Waals surface area contributed by atoms with Gasteiger partial charge in [-0.1, -0.05) is 36.4 Å². The van der Waals surface area contributed by atoms with E-state index in [1.165, 1.54) is 0 Å². The van der Waals surface area contributed by atoms with E-state index in [0.29, 0.717) is 0 Å². The molecule has 2 rings (SSSR count). The maximum atomic E-state index is 10.1. The van der Waals surface area contributed by atoms with E-state index in [-0.39, 0.29) is 5.48 Å². The van der Waals surface area contributed by atoms with Crippen molar-refractivity contribution >= 4 is 17.6 Å². The van der Waals surface area contributed by atoms with Crippen molar-refractivity contribution in [1.29, 1.82) is 0 Å². The van der Waals surface area contributed by atoms with Gasteiger partial charge in [-0.15, -0.1) is 11.3 Å². The second kappa shape index (κ2) is 7.91. The lowest BCUT2D eigenvalue weighted by molar-refractivity contribution is 0.112. The maximum Gasteiger partial charge on any atom is 0.151 e. The molecule has 0 fully saturated rings. The van der Waals surface area contributed by atoms with Gasteiger partial charge < -0.3 is 5.48 Å². The predicted octanol–water partition coefficient (Wildman–Crippen LogP) is 2.73. The molecule has 0 atom stereocenters. The van der Waals surface area contributed by atoms with Crippen LogP contribution < -0.4 is 0 Å². The SMILES string of the molecule is Cc1sccc1C=O.O.c1ccccc1. The van der Waals surface area contributed by atoms with Crippen LogP contribution in [0.4, 0.5) is 0 Å². The molecule has 0 spiro atoms. The molecule has 0 aliphatic heterocycles. The summed E-state index contributed by atoms with van der Waals surface area (Å²) < 4.78 is 0. The summed E-state index contributed by atoms with van der Waals surface area (Å²) in [6.45, 7) is 1.94. The number of aryl methyl sites for hydroxylation is 1. The largest absolute Gasteiger partial charge is 0.412 e. The monoisotopic (exact) mass is 222 g/mol. The van der Waals surface area contributed by atoms with Crippen LogP contribution in [0.15, 0.2) is 47.8 Å². The third kappa shape index (κ3) is 5.10. The predicted molar refractivity (Wildman–Crippen MR) is 64.5 cm³/mol. The van der Waals surface area contributed by atoms with E-state index in [0.717, 1.165) is 16.7 Å². The molecule has 2 aromatic rings. The fraction of sp³-hybridized carbons (Fsp3) is 0.0833. The van der Waals surface area contributed by atoms with Crippen LogP contribution in [0.2, 0.25) is 0 Å². The van der Waals surface area contributed by atoms with Crippen LogP contribution in [0.3, 0.4) is 0 Å². The number of thiophene rings is 1. The van der Waals surface area contributed by atoms with Crippen molar-refractivity contribution < 1.29 is 10.3 Å².